The second-order valence-electron chi connectivity index (χ2n) is 8.93. The average Bonchev–Trinajstić information content (AvgIpc) is 2.72. The molecule has 12 heteroatoms. The van der Waals surface area contributed by atoms with E-state index in [-0.39, 0.29) is 19.6 Å². The first kappa shape index (κ1) is 30.2. The first-order chi connectivity index (χ1) is 16.2. The Balaban J connectivity index is 2.81. The van der Waals surface area contributed by atoms with Crippen LogP contribution in [0.4, 0.5) is 0 Å². The van der Waals surface area contributed by atoms with Gasteiger partial charge in [-0.25, -0.2) is 0 Å². The fraction of sp³-hybridized carbons (Fsp3) is 0.864. The van der Waals surface area contributed by atoms with Crippen molar-refractivity contribution >= 4 is 17.9 Å². The van der Waals surface area contributed by atoms with E-state index in [1.165, 1.54) is 0 Å². The number of carboxylic acid groups (broad SMARTS) is 3. The molecule has 0 bridgehead atoms. The van der Waals surface area contributed by atoms with E-state index >= 15 is 0 Å². The summed E-state index contributed by atoms with van der Waals surface area (Å²) in [5, 5.41) is 27.7. The van der Waals surface area contributed by atoms with Gasteiger partial charge in [0.05, 0.1) is 46.1 Å². The molecule has 1 heterocycles. The van der Waals surface area contributed by atoms with E-state index in [9.17, 15) is 29.7 Å². The van der Waals surface area contributed by atoms with Gasteiger partial charge in [-0.2, -0.15) is 0 Å². The quantitative estimate of drug-likeness (QED) is 0.390. The number of ether oxygens (including phenoxy) is 2. The Morgan fingerprint density at radius 3 is 1.18 bits per heavy atom. The van der Waals surface area contributed by atoms with Crippen LogP contribution in [0.25, 0.3) is 0 Å². The summed E-state index contributed by atoms with van der Waals surface area (Å²) in [6.45, 7) is 10.3. The van der Waals surface area contributed by atoms with Crippen LogP contribution in [-0.4, -0.2) is 158 Å². The Kier molecular flexibility index (Phi) is 15.6. The van der Waals surface area contributed by atoms with Gasteiger partial charge in [0.15, 0.2) is 0 Å². The number of hydrogen-bond acceptors (Lipinski definition) is 9. The van der Waals surface area contributed by atoms with Crippen molar-refractivity contribution in [3.05, 3.63) is 0 Å². The van der Waals surface area contributed by atoms with Crippen LogP contribution in [0.1, 0.15) is 13.8 Å². The second kappa shape index (κ2) is 17.6. The Morgan fingerprint density at radius 2 is 0.882 bits per heavy atom. The fourth-order valence-electron chi connectivity index (χ4n) is 3.74. The van der Waals surface area contributed by atoms with Crippen LogP contribution in [0.2, 0.25) is 0 Å². The molecule has 0 aromatic carbocycles. The lowest BCUT2D eigenvalue weighted by Crippen LogP contribution is -2.43. The molecule has 198 valence electrons. The SMILES string of the molecule is CC(C)CN1CCOCCN(CC(=O)O)CCN(CC(=O)O)CCOCCN(CC(=O)O)CC1. The number of nitrogens with zero attached hydrogens (tertiary/aromatic N) is 4. The highest BCUT2D eigenvalue weighted by atomic mass is 16.5. The Labute approximate surface area is 202 Å². The summed E-state index contributed by atoms with van der Waals surface area (Å²) in [6.07, 6.45) is 0. The zero-order valence-electron chi connectivity index (χ0n) is 20.6. The molecule has 1 rings (SSSR count). The number of rotatable bonds is 8. The summed E-state index contributed by atoms with van der Waals surface area (Å²) in [6, 6.07) is 0. The zero-order valence-corrected chi connectivity index (χ0v) is 20.6. The monoisotopic (exact) mass is 490 g/mol. The van der Waals surface area contributed by atoms with E-state index in [2.05, 4.69) is 18.7 Å². The van der Waals surface area contributed by atoms with Crippen molar-refractivity contribution in [2.75, 3.05) is 105 Å². The first-order valence-corrected chi connectivity index (χ1v) is 11.9. The van der Waals surface area contributed by atoms with Crippen molar-refractivity contribution in [2.24, 2.45) is 5.92 Å². The molecular formula is C22H42N4O8. The van der Waals surface area contributed by atoms with Gasteiger partial charge >= 0.3 is 17.9 Å². The van der Waals surface area contributed by atoms with E-state index in [1.807, 2.05) is 4.90 Å². The Hall–Kier alpha value is -1.83. The second-order valence-corrected chi connectivity index (χ2v) is 8.93. The lowest BCUT2D eigenvalue weighted by Gasteiger charge is -2.29. The molecule has 3 N–H and O–H groups in total. The highest BCUT2D eigenvalue weighted by Crippen LogP contribution is 2.02. The largest absolute Gasteiger partial charge is 0.480 e. The molecule has 0 saturated carbocycles. The van der Waals surface area contributed by atoms with Crippen LogP contribution >= 0.6 is 0 Å². The molecule has 0 aromatic rings. The summed E-state index contributed by atoms with van der Waals surface area (Å²) in [5.41, 5.74) is 0. The lowest BCUT2D eigenvalue weighted by atomic mass is 10.2. The number of aliphatic carboxylic acids is 3. The number of hydrogen-bond donors (Lipinski definition) is 3. The molecule has 0 radical (unpaired) electrons. The van der Waals surface area contributed by atoms with E-state index in [4.69, 9.17) is 9.47 Å². The molecule has 0 aliphatic carbocycles. The van der Waals surface area contributed by atoms with Crippen molar-refractivity contribution < 1.29 is 39.2 Å². The molecule has 0 unspecified atom stereocenters. The van der Waals surface area contributed by atoms with Gasteiger partial charge in [-0.05, 0) is 5.92 Å². The smallest absolute Gasteiger partial charge is 0.317 e. The highest BCUT2D eigenvalue weighted by molar-refractivity contribution is 5.69. The maximum atomic E-state index is 11.3. The fourth-order valence-corrected chi connectivity index (χ4v) is 3.74. The first-order valence-electron chi connectivity index (χ1n) is 11.9. The highest BCUT2D eigenvalue weighted by Gasteiger charge is 2.17. The van der Waals surface area contributed by atoms with E-state index in [0.717, 1.165) is 6.54 Å². The minimum Gasteiger partial charge on any atom is -0.480 e. The van der Waals surface area contributed by atoms with Crippen molar-refractivity contribution in [1.82, 2.24) is 19.6 Å². The minimum atomic E-state index is -0.964. The molecule has 0 spiro atoms. The van der Waals surface area contributed by atoms with E-state index in [1.54, 1.807) is 9.80 Å². The molecular weight excluding hydrogens is 448 g/mol. The molecule has 0 atom stereocenters. The van der Waals surface area contributed by atoms with Gasteiger partial charge in [0.25, 0.3) is 0 Å². The molecule has 12 nitrogen and oxygen atoms in total. The normalized spacial score (nSPS) is 20.6. The van der Waals surface area contributed by atoms with Crippen LogP contribution < -0.4 is 0 Å². The molecule has 34 heavy (non-hydrogen) atoms. The van der Waals surface area contributed by atoms with E-state index in [0.29, 0.717) is 84.7 Å². The summed E-state index contributed by atoms with van der Waals surface area (Å²) in [5.74, 6) is -2.34. The molecule has 0 aromatic heterocycles. The zero-order chi connectivity index (χ0) is 25.3. The topological polar surface area (TPSA) is 143 Å². The Bertz CT molecular complexity index is 607. The summed E-state index contributed by atoms with van der Waals surface area (Å²) in [4.78, 5) is 41.3. The van der Waals surface area contributed by atoms with E-state index < -0.39 is 17.9 Å². The third kappa shape index (κ3) is 15.9. The van der Waals surface area contributed by atoms with Crippen LogP contribution in [0.3, 0.4) is 0 Å². The predicted octanol–water partition coefficient (Wildman–Crippen LogP) is -0.849. The van der Waals surface area contributed by atoms with Crippen LogP contribution in [0, 0.1) is 5.92 Å². The molecule has 0 amide bonds. The molecule has 1 aliphatic rings. The maximum Gasteiger partial charge on any atom is 0.317 e. The third-order valence-corrected chi connectivity index (χ3v) is 5.37. The summed E-state index contributed by atoms with van der Waals surface area (Å²) < 4.78 is 11.4. The van der Waals surface area contributed by atoms with Crippen molar-refractivity contribution in [2.45, 2.75) is 13.8 Å². The molecule has 1 saturated heterocycles. The third-order valence-electron chi connectivity index (χ3n) is 5.37. The van der Waals surface area contributed by atoms with Crippen LogP contribution in [0.5, 0.6) is 0 Å². The Morgan fingerprint density at radius 1 is 0.588 bits per heavy atom. The van der Waals surface area contributed by atoms with Gasteiger partial charge < -0.3 is 24.8 Å². The van der Waals surface area contributed by atoms with Gasteiger partial charge in [0.2, 0.25) is 0 Å². The van der Waals surface area contributed by atoms with Crippen molar-refractivity contribution in [3.63, 3.8) is 0 Å². The summed E-state index contributed by atoms with van der Waals surface area (Å²) >= 11 is 0. The van der Waals surface area contributed by atoms with Gasteiger partial charge in [-0.3, -0.25) is 34.0 Å². The predicted molar refractivity (Wildman–Crippen MR) is 125 cm³/mol. The lowest BCUT2D eigenvalue weighted by molar-refractivity contribution is -0.140. The number of carbonyl (C=O) groups is 3. The summed E-state index contributed by atoms with van der Waals surface area (Å²) in [7, 11) is 0. The van der Waals surface area contributed by atoms with Gasteiger partial charge in [0.1, 0.15) is 0 Å². The van der Waals surface area contributed by atoms with Crippen molar-refractivity contribution in [1.29, 1.82) is 0 Å². The maximum absolute atomic E-state index is 11.3. The standard InChI is InChI=1S/C22H42N4O8/c1-19(2)15-23-3-4-24(16-20(27)28)8-13-34-14-10-26(18-22(31)32)6-5-25(17-21(29)30)9-12-33-11-7-23/h19H,3-18H2,1-2H3,(H,27,28)(H,29,30)(H,31,32). The number of carboxylic acids is 3. The molecule has 1 aliphatic heterocycles. The van der Waals surface area contributed by atoms with Crippen LogP contribution in [-0.2, 0) is 23.9 Å². The van der Waals surface area contributed by atoms with Gasteiger partial charge in [-0.1, -0.05) is 13.8 Å². The van der Waals surface area contributed by atoms with Gasteiger partial charge in [0, 0.05) is 58.9 Å². The van der Waals surface area contributed by atoms with Gasteiger partial charge in [-0.15, -0.1) is 0 Å². The minimum absolute atomic E-state index is 0.0695. The van der Waals surface area contributed by atoms with Crippen molar-refractivity contribution in [3.8, 4) is 0 Å². The average molecular weight is 491 g/mol. The van der Waals surface area contributed by atoms with Crippen LogP contribution in [0.15, 0.2) is 0 Å². The molecule has 1 fully saturated rings.